The first-order valence-electron chi connectivity index (χ1n) is 7.43. The molecule has 2 rings (SSSR count). The molecule has 1 amide bonds. The fraction of sp³-hybridized carbons (Fsp3) is 0.188. The van der Waals surface area contributed by atoms with Crippen LogP contribution in [0.1, 0.15) is 12.0 Å². The highest BCUT2D eigenvalue weighted by Crippen LogP contribution is 2.25. The third-order valence-corrected chi connectivity index (χ3v) is 6.92. The highest BCUT2D eigenvalue weighted by molar-refractivity contribution is 7.91. The van der Waals surface area contributed by atoms with Gasteiger partial charge in [0.05, 0.1) is 14.7 Å². The average Bonchev–Trinajstić information content (AvgIpc) is 2.54. The molecular weight excluding hydrogens is 383 g/mol. The molecule has 10 heteroatoms. The molecule has 2 aromatic carbocycles. The summed E-state index contributed by atoms with van der Waals surface area (Å²) < 4.78 is 65.3. The van der Waals surface area contributed by atoms with Gasteiger partial charge in [-0.05, 0) is 48.9 Å². The van der Waals surface area contributed by atoms with Crippen LogP contribution in [0.15, 0.2) is 57.2 Å². The Labute approximate surface area is 151 Å². The second-order valence-electron chi connectivity index (χ2n) is 5.50. The number of benzene rings is 2. The number of amides is 1. The molecule has 3 N–H and O–H groups in total. The van der Waals surface area contributed by atoms with Crippen LogP contribution in [0.2, 0.25) is 0 Å². The summed E-state index contributed by atoms with van der Waals surface area (Å²) in [4.78, 5) is 10.1. The van der Waals surface area contributed by atoms with Gasteiger partial charge in [0.15, 0.2) is 0 Å². The number of sulfone groups is 1. The minimum Gasteiger partial charge on any atom is -0.370 e. The normalized spacial score (nSPS) is 12.1. The van der Waals surface area contributed by atoms with E-state index >= 15 is 0 Å². The minimum atomic E-state index is -4.04. The fourth-order valence-electron chi connectivity index (χ4n) is 2.17. The maximum Gasteiger partial charge on any atom is 0.240 e. The summed E-state index contributed by atoms with van der Waals surface area (Å²) in [5.41, 5.74) is 5.30. The second kappa shape index (κ2) is 7.52. The van der Waals surface area contributed by atoms with Crippen molar-refractivity contribution in [1.82, 2.24) is 4.72 Å². The summed E-state index contributed by atoms with van der Waals surface area (Å²) in [6, 6.07) is 7.87. The van der Waals surface area contributed by atoms with E-state index in [4.69, 9.17) is 5.73 Å². The number of aryl methyl sites for hydroxylation is 1. The van der Waals surface area contributed by atoms with E-state index in [9.17, 15) is 26.0 Å². The van der Waals surface area contributed by atoms with E-state index in [1.54, 1.807) is 0 Å². The molecule has 0 spiro atoms. The van der Waals surface area contributed by atoms with Crippen molar-refractivity contribution in [3.05, 3.63) is 53.8 Å². The van der Waals surface area contributed by atoms with Gasteiger partial charge < -0.3 is 5.73 Å². The molecule has 0 saturated carbocycles. The van der Waals surface area contributed by atoms with Crippen LogP contribution in [0.25, 0.3) is 0 Å². The molecule has 0 aromatic heterocycles. The Morgan fingerprint density at radius 2 is 1.62 bits per heavy atom. The van der Waals surface area contributed by atoms with Crippen LogP contribution in [-0.4, -0.2) is 29.3 Å². The molecule has 0 atom stereocenters. The lowest BCUT2D eigenvalue weighted by Gasteiger charge is -2.11. The van der Waals surface area contributed by atoms with Gasteiger partial charge in [0.2, 0.25) is 25.8 Å². The Kier molecular flexibility index (Phi) is 5.79. The van der Waals surface area contributed by atoms with E-state index in [0.29, 0.717) is 5.56 Å². The number of carbonyl (C=O) groups excluding carboxylic acids is 1. The average molecular weight is 400 g/mol. The van der Waals surface area contributed by atoms with Crippen LogP contribution < -0.4 is 10.5 Å². The van der Waals surface area contributed by atoms with Gasteiger partial charge in [-0.1, -0.05) is 6.07 Å². The SMILES string of the molecule is Cc1ccc(S(=O)(=O)c2ccc(F)cc2)cc1S(=O)(=O)NCCC(N)=O. The lowest BCUT2D eigenvalue weighted by Crippen LogP contribution is -2.28. The van der Waals surface area contributed by atoms with Crippen molar-refractivity contribution in [3.63, 3.8) is 0 Å². The molecule has 0 saturated heterocycles. The summed E-state index contributed by atoms with van der Waals surface area (Å²) in [5, 5.41) is 0. The van der Waals surface area contributed by atoms with Crippen molar-refractivity contribution in [2.45, 2.75) is 28.0 Å². The summed E-state index contributed by atoms with van der Waals surface area (Å²) >= 11 is 0. The maximum atomic E-state index is 13.0. The highest BCUT2D eigenvalue weighted by atomic mass is 32.2. The molecule has 0 aliphatic rings. The van der Waals surface area contributed by atoms with E-state index in [2.05, 4.69) is 4.72 Å². The number of nitrogens with two attached hydrogens (primary N) is 1. The van der Waals surface area contributed by atoms with Gasteiger partial charge in [-0.25, -0.2) is 25.9 Å². The first kappa shape index (κ1) is 20.0. The molecule has 7 nitrogen and oxygen atoms in total. The van der Waals surface area contributed by atoms with E-state index in [-0.39, 0.29) is 27.7 Å². The summed E-state index contributed by atoms with van der Waals surface area (Å²) in [5.74, 6) is -1.26. The number of hydrogen-bond acceptors (Lipinski definition) is 5. The number of halogens is 1. The molecule has 0 aliphatic carbocycles. The fourth-order valence-corrected chi connectivity index (χ4v) is 4.83. The van der Waals surface area contributed by atoms with Gasteiger partial charge in [0, 0.05) is 13.0 Å². The number of nitrogens with one attached hydrogen (secondary N) is 1. The van der Waals surface area contributed by atoms with E-state index in [0.717, 1.165) is 30.3 Å². The summed E-state index contributed by atoms with van der Waals surface area (Å²) in [7, 11) is -8.06. The zero-order chi connectivity index (χ0) is 19.5. The predicted octanol–water partition coefficient (Wildman–Crippen LogP) is 1.12. The molecule has 2 aromatic rings. The molecule has 0 unspecified atom stereocenters. The molecule has 0 bridgehead atoms. The van der Waals surface area contributed by atoms with E-state index in [1.165, 1.54) is 19.1 Å². The lowest BCUT2D eigenvalue weighted by atomic mass is 10.2. The topological polar surface area (TPSA) is 123 Å². The van der Waals surface area contributed by atoms with Crippen molar-refractivity contribution in [1.29, 1.82) is 0 Å². The van der Waals surface area contributed by atoms with Gasteiger partial charge in [-0.3, -0.25) is 4.79 Å². The van der Waals surface area contributed by atoms with Crippen LogP contribution in [0, 0.1) is 12.7 Å². The van der Waals surface area contributed by atoms with Gasteiger partial charge in [-0.2, -0.15) is 0 Å². The van der Waals surface area contributed by atoms with Gasteiger partial charge in [-0.15, -0.1) is 0 Å². The van der Waals surface area contributed by atoms with Crippen molar-refractivity contribution in [2.75, 3.05) is 6.54 Å². The molecule has 0 radical (unpaired) electrons. The Hall–Kier alpha value is -2.30. The molecule has 0 fully saturated rings. The first-order valence-corrected chi connectivity index (χ1v) is 10.4. The quantitative estimate of drug-likeness (QED) is 0.674. The maximum absolute atomic E-state index is 13.0. The number of primary amides is 1. The van der Waals surface area contributed by atoms with Crippen LogP contribution in [0.5, 0.6) is 0 Å². The minimum absolute atomic E-state index is 0.159. The Morgan fingerprint density at radius 1 is 1.04 bits per heavy atom. The van der Waals surface area contributed by atoms with Crippen LogP contribution in [0.3, 0.4) is 0 Å². The number of rotatable bonds is 7. The smallest absolute Gasteiger partial charge is 0.240 e. The predicted molar refractivity (Wildman–Crippen MR) is 92.0 cm³/mol. The monoisotopic (exact) mass is 400 g/mol. The van der Waals surface area contributed by atoms with Gasteiger partial charge >= 0.3 is 0 Å². The summed E-state index contributed by atoms with van der Waals surface area (Å²) in [6.07, 6.45) is -0.189. The molecule has 0 aliphatic heterocycles. The van der Waals surface area contributed by atoms with Crippen molar-refractivity contribution >= 4 is 25.8 Å². The van der Waals surface area contributed by atoms with Crippen LogP contribution in [-0.2, 0) is 24.7 Å². The summed E-state index contributed by atoms with van der Waals surface area (Å²) in [6.45, 7) is 1.31. The third-order valence-electron chi connectivity index (χ3n) is 3.55. The lowest BCUT2D eigenvalue weighted by molar-refractivity contribution is -0.117. The van der Waals surface area contributed by atoms with Crippen molar-refractivity contribution in [3.8, 4) is 0 Å². The standard InChI is InChI=1S/C16H17FN2O5S2/c1-11-2-5-14(25(21,22)13-6-3-12(17)4-7-13)10-15(11)26(23,24)19-9-8-16(18)20/h2-7,10,19H,8-9H2,1H3,(H2,18,20). The van der Waals surface area contributed by atoms with Crippen molar-refractivity contribution in [2.24, 2.45) is 5.73 Å². The zero-order valence-electron chi connectivity index (χ0n) is 13.8. The van der Waals surface area contributed by atoms with E-state index in [1.807, 2.05) is 0 Å². The second-order valence-corrected chi connectivity index (χ2v) is 9.18. The number of sulfonamides is 1. The first-order chi connectivity index (χ1) is 12.0. The van der Waals surface area contributed by atoms with Crippen molar-refractivity contribution < 1.29 is 26.0 Å². The highest BCUT2D eigenvalue weighted by Gasteiger charge is 2.23. The number of carbonyl (C=O) groups is 1. The molecule has 140 valence electrons. The Balaban J connectivity index is 2.43. The largest absolute Gasteiger partial charge is 0.370 e. The molecule has 0 heterocycles. The molecular formula is C16H17FN2O5S2. The van der Waals surface area contributed by atoms with Gasteiger partial charge in [0.25, 0.3) is 0 Å². The van der Waals surface area contributed by atoms with Gasteiger partial charge in [0.1, 0.15) is 5.82 Å². The van der Waals surface area contributed by atoms with Crippen LogP contribution >= 0.6 is 0 Å². The van der Waals surface area contributed by atoms with Crippen LogP contribution in [0.4, 0.5) is 4.39 Å². The van der Waals surface area contributed by atoms with E-state index < -0.39 is 31.6 Å². The number of hydrogen-bond donors (Lipinski definition) is 2. The Morgan fingerprint density at radius 3 is 2.19 bits per heavy atom. The Bertz CT molecular complexity index is 1030. The zero-order valence-corrected chi connectivity index (χ0v) is 15.4. The molecule has 26 heavy (non-hydrogen) atoms. The third kappa shape index (κ3) is 4.45.